The average molecular weight is 258 g/mol. The number of hydrazone groups is 1. The summed E-state index contributed by atoms with van der Waals surface area (Å²) in [5, 5.41) is 17.6. The zero-order chi connectivity index (χ0) is 13.8. The van der Waals surface area contributed by atoms with Crippen LogP contribution in [0.5, 0.6) is 5.75 Å². The smallest absolute Gasteiger partial charge is 0.295 e. The first-order valence-corrected chi connectivity index (χ1v) is 5.73. The highest BCUT2D eigenvalue weighted by atomic mass is 16.3. The van der Waals surface area contributed by atoms with Crippen molar-refractivity contribution in [3.8, 4) is 11.4 Å². The predicted octanol–water partition coefficient (Wildman–Crippen LogP) is 1.70. The number of carbonyl (C=O) groups is 1. The molecule has 0 unspecified atom stereocenters. The Morgan fingerprint density at radius 3 is 2.63 bits per heavy atom. The highest BCUT2D eigenvalue weighted by molar-refractivity contribution is 5.95. The van der Waals surface area contributed by atoms with Crippen LogP contribution >= 0.6 is 0 Å². The SMILES string of the molecule is CC(C)=NNC(=O)c1nn(-c2ccccc2)cc1O. The van der Waals surface area contributed by atoms with Gasteiger partial charge in [-0.25, -0.2) is 10.1 Å². The molecule has 0 fully saturated rings. The second-order valence-electron chi connectivity index (χ2n) is 4.14. The van der Waals surface area contributed by atoms with E-state index in [2.05, 4.69) is 15.6 Å². The molecule has 0 aliphatic heterocycles. The van der Waals surface area contributed by atoms with Crippen LogP contribution < -0.4 is 5.43 Å². The van der Waals surface area contributed by atoms with Crippen LogP contribution in [0.1, 0.15) is 24.3 Å². The van der Waals surface area contributed by atoms with Crippen molar-refractivity contribution in [1.29, 1.82) is 0 Å². The number of rotatable bonds is 3. The molecule has 98 valence electrons. The fourth-order valence-corrected chi connectivity index (χ4v) is 1.46. The van der Waals surface area contributed by atoms with Crippen LogP contribution in [0.4, 0.5) is 0 Å². The Kier molecular flexibility index (Phi) is 3.61. The summed E-state index contributed by atoms with van der Waals surface area (Å²) in [6, 6.07) is 9.21. The summed E-state index contributed by atoms with van der Waals surface area (Å²) < 4.78 is 1.44. The van der Waals surface area contributed by atoms with Crippen LogP contribution in [0, 0.1) is 0 Å². The molecule has 1 aromatic heterocycles. The minimum absolute atomic E-state index is 0.0612. The third-order valence-electron chi connectivity index (χ3n) is 2.31. The van der Waals surface area contributed by atoms with E-state index in [1.807, 2.05) is 30.3 Å². The summed E-state index contributed by atoms with van der Waals surface area (Å²) in [4.78, 5) is 11.8. The van der Waals surface area contributed by atoms with Gasteiger partial charge < -0.3 is 5.11 Å². The number of carbonyl (C=O) groups excluding carboxylic acids is 1. The van der Waals surface area contributed by atoms with Gasteiger partial charge in [0.2, 0.25) is 0 Å². The highest BCUT2D eigenvalue weighted by Gasteiger charge is 2.16. The van der Waals surface area contributed by atoms with Gasteiger partial charge in [0.1, 0.15) is 0 Å². The molecule has 1 amide bonds. The van der Waals surface area contributed by atoms with Crippen molar-refractivity contribution in [2.75, 3.05) is 0 Å². The summed E-state index contributed by atoms with van der Waals surface area (Å²) in [7, 11) is 0. The minimum Gasteiger partial charge on any atom is -0.504 e. The molecular weight excluding hydrogens is 244 g/mol. The van der Waals surface area contributed by atoms with Crippen molar-refractivity contribution in [2.45, 2.75) is 13.8 Å². The second-order valence-corrected chi connectivity index (χ2v) is 4.14. The number of nitrogens with zero attached hydrogens (tertiary/aromatic N) is 3. The van der Waals surface area contributed by atoms with Gasteiger partial charge in [0.15, 0.2) is 11.4 Å². The quantitative estimate of drug-likeness (QED) is 0.649. The first kappa shape index (κ1) is 12.8. The molecule has 0 aliphatic carbocycles. The molecule has 0 bridgehead atoms. The molecule has 2 rings (SSSR count). The lowest BCUT2D eigenvalue weighted by molar-refractivity contribution is 0.0946. The summed E-state index contributed by atoms with van der Waals surface area (Å²) >= 11 is 0. The lowest BCUT2D eigenvalue weighted by atomic mass is 10.3. The molecule has 1 aromatic carbocycles. The number of hydrogen-bond donors (Lipinski definition) is 2. The third-order valence-corrected chi connectivity index (χ3v) is 2.31. The Labute approximate surface area is 110 Å². The Hall–Kier alpha value is -2.63. The number of aromatic nitrogens is 2. The van der Waals surface area contributed by atoms with Crippen molar-refractivity contribution in [1.82, 2.24) is 15.2 Å². The summed E-state index contributed by atoms with van der Waals surface area (Å²) in [5.41, 5.74) is 3.72. The van der Waals surface area contributed by atoms with E-state index >= 15 is 0 Å². The number of amides is 1. The van der Waals surface area contributed by atoms with Crippen molar-refractivity contribution in [2.24, 2.45) is 5.10 Å². The van der Waals surface area contributed by atoms with Gasteiger partial charge in [-0.1, -0.05) is 18.2 Å². The third kappa shape index (κ3) is 2.98. The van der Waals surface area contributed by atoms with Gasteiger partial charge in [-0.05, 0) is 26.0 Å². The van der Waals surface area contributed by atoms with E-state index in [0.29, 0.717) is 5.71 Å². The van der Waals surface area contributed by atoms with Gasteiger partial charge in [0.25, 0.3) is 5.91 Å². The predicted molar refractivity (Wildman–Crippen MR) is 71.5 cm³/mol. The number of hydrogen-bond acceptors (Lipinski definition) is 4. The molecule has 0 atom stereocenters. The van der Waals surface area contributed by atoms with Gasteiger partial charge in [0.05, 0.1) is 11.9 Å². The number of nitrogens with one attached hydrogen (secondary N) is 1. The fourth-order valence-electron chi connectivity index (χ4n) is 1.46. The molecule has 6 heteroatoms. The zero-order valence-corrected chi connectivity index (χ0v) is 10.7. The molecule has 2 N–H and O–H groups in total. The van der Waals surface area contributed by atoms with Gasteiger partial charge >= 0.3 is 0 Å². The van der Waals surface area contributed by atoms with E-state index in [9.17, 15) is 9.90 Å². The van der Waals surface area contributed by atoms with Crippen LogP contribution in [-0.4, -0.2) is 26.5 Å². The largest absolute Gasteiger partial charge is 0.504 e. The Balaban J connectivity index is 2.27. The first-order valence-electron chi connectivity index (χ1n) is 5.73. The molecule has 0 saturated carbocycles. The van der Waals surface area contributed by atoms with Gasteiger partial charge in [-0.2, -0.15) is 10.2 Å². The fraction of sp³-hybridized carbons (Fsp3) is 0.154. The van der Waals surface area contributed by atoms with E-state index < -0.39 is 5.91 Å². The van der Waals surface area contributed by atoms with Gasteiger partial charge in [0, 0.05) is 5.71 Å². The molecule has 0 radical (unpaired) electrons. The van der Waals surface area contributed by atoms with Crippen LogP contribution in [0.2, 0.25) is 0 Å². The maximum atomic E-state index is 11.8. The standard InChI is InChI=1S/C13H14N4O2/c1-9(2)14-15-13(19)12-11(18)8-17(16-12)10-6-4-3-5-7-10/h3-8,18H,1-2H3,(H,15,19). The van der Waals surface area contributed by atoms with Crippen LogP contribution in [-0.2, 0) is 0 Å². The van der Waals surface area contributed by atoms with Gasteiger partial charge in [-0.15, -0.1) is 0 Å². The lowest BCUT2D eigenvalue weighted by Gasteiger charge is -1.99. The molecule has 1 heterocycles. The molecule has 19 heavy (non-hydrogen) atoms. The zero-order valence-electron chi connectivity index (χ0n) is 10.7. The minimum atomic E-state index is -0.548. The molecule has 0 saturated heterocycles. The highest BCUT2D eigenvalue weighted by Crippen LogP contribution is 2.17. The number of aromatic hydroxyl groups is 1. The lowest BCUT2D eigenvalue weighted by Crippen LogP contribution is -2.19. The molecule has 0 spiro atoms. The summed E-state index contributed by atoms with van der Waals surface area (Å²) in [6.45, 7) is 3.51. The van der Waals surface area contributed by atoms with Crippen LogP contribution in [0.25, 0.3) is 5.69 Å². The Morgan fingerprint density at radius 2 is 2.00 bits per heavy atom. The van der Waals surface area contributed by atoms with Crippen LogP contribution in [0.15, 0.2) is 41.6 Å². The Morgan fingerprint density at radius 1 is 1.32 bits per heavy atom. The van der Waals surface area contributed by atoms with Crippen molar-refractivity contribution < 1.29 is 9.90 Å². The van der Waals surface area contributed by atoms with Crippen molar-refractivity contribution in [3.05, 3.63) is 42.2 Å². The van der Waals surface area contributed by atoms with E-state index in [0.717, 1.165) is 5.69 Å². The number of para-hydroxylation sites is 1. The van der Waals surface area contributed by atoms with E-state index in [-0.39, 0.29) is 11.4 Å². The van der Waals surface area contributed by atoms with Crippen LogP contribution in [0.3, 0.4) is 0 Å². The molecular formula is C13H14N4O2. The molecule has 6 nitrogen and oxygen atoms in total. The normalized spacial score (nSPS) is 10.0. The van der Waals surface area contributed by atoms with E-state index in [1.54, 1.807) is 13.8 Å². The summed E-state index contributed by atoms with van der Waals surface area (Å²) in [5.74, 6) is -0.737. The maximum absolute atomic E-state index is 11.8. The number of benzene rings is 1. The van der Waals surface area contributed by atoms with E-state index in [1.165, 1.54) is 10.9 Å². The molecule has 0 aliphatic rings. The second kappa shape index (κ2) is 5.34. The first-order chi connectivity index (χ1) is 9.08. The topological polar surface area (TPSA) is 79.5 Å². The van der Waals surface area contributed by atoms with Crippen molar-refractivity contribution in [3.63, 3.8) is 0 Å². The monoisotopic (exact) mass is 258 g/mol. The van der Waals surface area contributed by atoms with Gasteiger partial charge in [-0.3, -0.25) is 4.79 Å². The van der Waals surface area contributed by atoms with Crippen molar-refractivity contribution >= 4 is 11.6 Å². The molecule has 2 aromatic rings. The summed E-state index contributed by atoms with van der Waals surface area (Å²) in [6.07, 6.45) is 1.38. The maximum Gasteiger partial charge on any atom is 0.295 e. The average Bonchev–Trinajstić information content (AvgIpc) is 2.79. The Bertz CT molecular complexity index is 613. The van der Waals surface area contributed by atoms with E-state index in [4.69, 9.17) is 0 Å².